The average Bonchev–Trinajstić information content (AvgIpc) is 2.64. The zero-order valence-electron chi connectivity index (χ0n) is 8.46. The van der Waals surface area contributed by atoms with Crippen molar-refractivity contribution in [3.05, 3.63) is 17.5 Å². The third-order valence-electron chi connectivity index (χ3n) is 1.75. The summed E-state index contributed by atoms with van der Waals surface area (Å²) in [5.74, 6) is 0.338. The van der Waals surface area contributed by atoms with Gasteiger partial charge < -0.3 is 14.6 Å². The van der Waals surface area contributed by atoms with Gasteiger partial charge in [-0.15, -0.1) is 0 Å². The standard InChI is InChI=1S/C9H13BrN2O3/c1-7-8(6-12-15-7)9(13)11-3-5-14-4-2-10/h6H,2-5H2,1H3,(H,11,13). The second-order valence-electron chi connectivity index (χ2n) is 2.85. The minimum absolute atomic E-state index is 0.184. The van der Waals surface area contributed by atoms with Gasteiger partial charge in [-0.25, -0.2) is 0 Å². The zero-order valence-corrected chi connectivity index (χ0v) is 10.0. The topological polar surface area (TPSA) is 64.4 Å². The quantitative estimate of drug-likeness (QED) is 0.625. The van der Waals surface area contributed by atoms with Gasteiger partial charge in [0, 0.05) is 11.9 Å². The summed E-state index contributed by atoms with van der Waals surface area (Å²) in [6.45, 7) is 3.32. The fourth-order valence-electron chi connectivity index (χ4n) is 1.01. The van der Waals surface area contributed by atoms with Crippen molar-refractivity contribution in [2.45, 2.75) is 6.92 Å². The Morgan fingerprint density at radius 2 is 2.47 bits per heavy atom. The molecule has 84 valence electrons. The summed E-state index contributed by atoms with van der Waals surface area (Å²) in [6, 6.07) is 0. The van der Waals surface area contributed by atoms with E-state index in [0.717, 1.165) is 5.33 Å². The molecule has 1 amide bonds. The Morgan fingerprint density at radius 3 is 3.07 bits per heavy atom. The minimum atomic E-state index is -0.184. The average molecular weight is 277 g/mol. The van der Waals surface area contributed by atoms with Gasteiger partial charge in [0.25, 0.3) is 5.91 Å². The predicted molar refractivity (Wildman–Crippen MR) is 58.2 cm³/mol. The molecule has 15 heavy (non-hydrogen) atoms. The second kappa shape index (κ2) is 6.58. The third kappa shape index (κ3) is 4.01. The summed E-state index contributed by atoms with van der Waals surface area (Å²) >= 11 is 3.24. The van der Waals surface area contributed by atoms with Crippen LogP contribution in [0.4, 0.5) is 0 Å². The van der Waals surface area contributed by atoms with Crippen molar-refractivity contribution in [3.63, 3.8) is 0 Å². The lowest BCUT2D eigenvalue weighted by Crippen LogP contribution is -2.27. The first-order valence-corrected chi connectivity index (χ1v) is 5.71. The zero-order chi connectivity index (χ0) is 11.1. The first-order valence-electron chi connectivity index (χ1n) is 4.59. The van der Waals surface area contributed by atoms with E-state index in [1.807, 2.05) is 0 Å². The molecule has 0 saturated carbocycles. The second-order valence-corrected chi connectivity index (χ2v) is 3.65. The molecule has 0 atom stereocenters. The highest BCUT2D eigenvalue weighted by atomic mass is 79.9. The van der Waals surface area contributed by atoms with Crippen molar-refractivity contribution in [1.82, 2.24) is 10.5 Å². The van der Waals surface area contributed by atoms with Crippen LogP contribution in [-0.2, 0) is 4.74 Å². The molecule has 0 aromatic carbocycles. The van der Waals surface area contributed by atoms with Gasteiger partial charge >= 0.3 is 0 Å². The van der Waals surface area contributed by atoms with Crippen LogP contribution in [0.25, 0.3) is 0 Å². The Labute approximate surface area is 96.3 Å². The Hall–Kier alpha value is -0.880. The van der Waals surface area contributed by atoms with Crippen LogP contribution < -0.4 is 5.32 Å². The number of ether oxygens (including phenoxy) is 1. The molecule has 1 heterocycles. The third-order valence-corrected chi connectivity index (χ3v) is 2.07. The number of carbonyl (C=O) groups is 1. The normalized spacial score (nSPS) is 10.3. The number of halogens is 1. The molecular weight excluding hydrogens is 264 g/mol. The number of nitrogens with one attached hydrogen (secondary N) is 1. The predicted octanol–water partition coefficient (Wildman–Crippen LogP) is 1.12. The van der Waals surface area contributed by atoms with Crippen molar-refractivity contribution < 1.29 is 14.1 Å². The van der Waals surface area contributed by atoms with Crippen LogP contribution in [0.15, 0.2) is 10.7 Å². The summed E-state index contributed by atoms with van der Waals surface area (Å²) < 4.78 is 9.96. The number of hydrogen-bond acceptors (Lipinski definition) is 4. The number of alkyl halides is 1. The molecule has 1 rings (SSSR count). The molecule has 1 N–H and O–H groups in total. The molecule has 5 nitrogen and oxygen atoms in total. The summed E-state index contributed by atoms with van der Waals surface area (Å²) in [5.41, 5.74) is 0.468. The van der Waals surface area contributed by atoms with Crippen molar-refractivity contribution in [1.29, 1.82) is 0 Å². The van der Waals surface area contributed by atoms with Crippen LogP contribution in [0.1, 0.15) is 16.1 Å². The first-order chi connectivity index (χ1) is 7.25. The van der Waals surface area contributed by atoms with Crippen LogP contribution >= 0.6 is 15.9 Å². The number of aryl methyl sites for hydroxylation is 1. The highest BCUT2D eigenvalue weighted by molar-refractivity contribution is 9.09. The van der Waals surface area contributed by atoms with Crippen LogP contribution in [-0.4, -0.2) is 36.2 Å². The molecule has 6 heteroatoms. The molecule has 0 fully saturated rings. The molecule has 0 spiro atoms. The van der Waals surface area contributed by atoms with Gasteiger partial charge in [-0.2, -0.15) is 0 Å². The Bertz CT molecular complexity index is 314. The van der Waals surface area contributed by atoms with Gasteiger partial charge in [0.2, 0.25) is 0 Å². The van der Waals surface area contributed by atoms with Crippen molar-refractivity contribution in [2.75, 3.05) is 25.1 Å². The van der Waals surface area contributed by atoms with Gasteiger partial charge in [-0.05, 0) is 6.92 Å². The SMILES string of the molecule is Cc1oncc1C(=O)NCCOCCBr. The highest BCUT2D eigenvalue weighted by Crippen LogP contribution is 2.04. The van der Waals surface area contributed by atoms with E-state index in [2.05, 4.69) is 26.4 Å². The number of aromatic nitrogens is 1. The van der Waals surface area contributed by atoms with Crippen LogP contribution in [0.2, 0.25) is 0 Å². The Morgan fingerprint density at radius 1 is 1.67 bits per heavy atom. The molecule has 1 aromatic rings. The number of hydrogen-bond donors (Lipinski definition) is 1. The van der Waals surface area contributed by atoms with E-state index in [1.54, 1.807) is 6.92 Å². The maximum atomic E-state index is 11.5. The van der Waals surface area contributed by atoms with E-state index in [1.165, 1.54) is 6.20 Å². The van der Waals surface area contributed by atoms with Crippen molar-refractivity contribution >= 4 is 21.8 Å². The fraction of sp³-hybridized carbons (Fsp3) is 0.556. The van der Waals surface area contributed by atoms with E-state index in [0.29, 0.717) is 31.1 Å². The van der Waals surface area contributed by atoms with Gasteiger partial charge in [0.15, 0.2) is 0 Å². The van der Waals surface area contributed by atoms with Gasteiger partial charge in [-0.3, -0.25) is 4.79 Å². The monoisotopic (exact) mass is 276 g/mol. The molecule has 0 unspecified atom stereocenters. The summed E-state index contributed by atoms with van der Waals surface area (Å²) in [7, 11) is 0. The summed E-state index contributed by atoms with van der Waals surface area (Å²) in [4.78, 5) is 11.5. The molecule has 1 aromatic heterocycles. The largest absolute Gasteiger partial charge is 0.379 e. The maximum Gasteiger partial charge on any atom is 0.256 e. The van der Waals surface area contributed by atoms with Gasteiger partial charge in [-0.1, -0.05) is 21.1 Å². The number of rotatable bonds is 6. The molecule has 0 aliphatic heterocycles. The van der Waals surface area contributed by atoms with E-state index < -0.39 is 0 Å². The summed E-state index contributed by atoms with van der Waals surface area (Å²) in [6.07, 6.45) is 1.41. The molecule has 0 saturated heterocycles. The van der Waals surface area contributed by atoms with Gasteiger partial charge in [0.05, 0.1) is 19.4 Å². The van der Waals surface area contributed by atoms with E-state index >= 15 is 0 Å². The molecule has 0 bridgehead atoms. The smallest absolute Gasteiger partial charge is 0.256 e. The van der Waals surface area contributed by atoms with Gasteiger partial charge in [0.1, 0.15) is 11.3 Å². The first kappa shape index (κ1) is 12.2. The highest BCUT2D eigenvalue weighted by Gasteiger charge is 2.11. The Balaban J connectivity index is 2.22. The van der Waals surface area contributed by atoms with Crippen LogP contribution in [0.3, 0.4) is 0 Å². The lowest BCUT2D eigenvalue weighted by Gasteiger charge is -2.03. The molecule has 0 aliphatic carbocycles. The lowest BCUT2D eigenvalue weighted by molar-refractivity contribution is 0.0922. The number of nitrogens with zero attached hydrogens (tertiary/aromatic N) is 1. The molecule has 0 aliphatic rings. The van der Waals surface area contributed by atoms with Crippen molar-refractivity contribution in [2.24, 2.45) is 0 Å². The minimum Gasteiger partial charge on any atom is -0.379 e. The maximum absolute atomic E-state index is 11.5. The molecular formula is C9H13BrN2O3. The number of carbonyl (C=O) groups excluding carboxylic acids is 1. The fourth-order valence-corrected chi connectivity index (χ4v) is 1.23. The van der Waals surface area contributed by atoms with E-state index in [9.17, 15) is 4.79 Å². The number of amides is 1. The molecule has 0 radical (unpaired) electrons. The van der Waals surface area contributed by atoms with Crippen LogP contribution in [0.5, 0.6) is 0 Å². The Kier molecular flexibility index (Phi) is 5.34. The van der Waals surface area contributed by atoms with E-state index in [4.69, 9.17) is 9.26 Å². The van der Waals surface area contributed by atoms with Crippen molar-refractivity contribution in [3.8, 4) is 0 Å². The summed E-state index contributed by atoms with van der Waals surface area (Å²) in [5, 5.41) is 7.03. The van der Waals surface area contributed by atoms with E-state index in [-0.39, 0.29) is 5.91 Å². The lowest BCUT2D eigenvalue weighted by atomic mass is 10.2. The van der Waals surface area contributed by atoms with Crippen LogP contribution in [0, 0.1) is 6.92 Å².